The third kappa shape index (κ3) is 6.15. The molecule has 3 aliphatic heterocycles. The van der Waals surface area contributed by atoms with Gasteiger partial charge >= 0.3 is 12.1 Å². The average Bonchev–Trinajstić information content (AvgIpc) is 3.50. The molecule has 51 heavy (non-hydrogen) atoms. The Kier molecular flexibility index (Phi) is 8.91. The van der Waals surface area contributed by atoms with Gasteiger partial charge in [0.25, 0.3) is 11.5 Å². The summed E-state index contributed by atoms with van der Waals surface area (Å²) in [4.78, 5) is 68.1. The molecule has 16 heteroatoms. The van der Waals surface area contributed by atoms with E-state index in [4.69, 9.17) is 19.7 Å². The van der Waals surface area contributed by atoms with Crippen molar-refractivity contribution in [2.75, 3.05) is 38.6 Å². The number of hydrogen-bond acceptors (Lipinski definition) is 13. The van der Waals surface area contributed by atoms with Crippen molar-refractivity contribution in [3.05, 3.63) is 74.8 Å². The SMILES string of the molecule is CC[C@@]1(O)C(=O)OCc2c1cc1n(c2=O)Cc2cc3c(CN(C)C)c(OC(=O)NCC4CCN(c5ncc(C(=O)NO)cn5)CC4)ccc3nc2-1. The zero-order chi connectivity index (χ0) is 36.0. The number of nitrogens with one attached hydrogen (secondary N) is 2. The quantitative estimate of drug-likeness (QED) is 0.104. The fourth-order valence-electron chi connectivity index (χ4n) is 7.03. The number of hydrogen-bond donors (Lipinski definition) is 4. The molecule has 0 radical (unpaired) electrons. The maximum atomic E-state index is 13.6. The maximum absolute atomic E-state index is 13.6. The number of aromatic nitrogens is 4. The van der Waals surface area contributed by atoms with Gasteiger partial charge in [-0.05, 0) is 63.5 Å². The van der Waals surface area contributed by atoms with E-state index in [1.165, 1.54) is 12.4 Å². The molecule has 6 heterocycles. The maximum Gasteiger partial charge on any atom is 0.412 e. The van der Waals surface area contributed by atoms with Crippen LogP contribution in [-0.4, -0.2) is 86.4 Å². The Morgan fingerprint density at radius 2 is 1.88 bits per heavy atom. The number of amides is 2. The molecule has 266 valence electrons. The first-order valence-electron chi connectivity index (χ1n) is 16.7. The number of ether oxygens (including phenoxy) is 2. The van der Waals surface area contributed by atoms with Crippen molar-refractivity contribution >= 4 is 34.8 Å². The molecule has 1 aromatic carbocycles. The van der Waals surface area contributed by atoms with E-state index in [2.05, 4.69) is 15.3 Å². The van der Waals surface area contributed by atoms with E-state index in [0.717, 1.165) is 29.4 Å². The van der Waals surface area contributed by atoms with E-state index in [0.29, 0.717) is 54.8 Å². The Morgan fingerprint density at radius 1 is 1.14 bits per heavy atom. The first kappa shape index (κ1) is 34.0. The predicted molar refractivity (Wildman–Crippen MR) is 182 cm³/mol. The lowest BCUT2D eigenvalue weighted by molar-refractivity contribution is -0.172. The van der Waals surface area contributed by atoms with Gasteiger partial charge in [0.05, 0.1) is 34.6 Å². The number of benzene rings is 1. The van der Waals surface area contributed by atoms with E-state index in [1.54, 1.807) is 35.2 Å². The number of piperidine rings is 1. The molecule has 1 atom stereocenters. The van der Waals surface area contributed by atoms with Gasteiger partial charge in [-0.15, -0.1) is 0 Å². The number of anilines is 1. The van der Waals surface area contributed by atoms with Gasteiger partial charge in [0.1, 0.15) is 12.4 Å². The number of nitrogens with zero attached hydrogens (tertiary/aromatic N) is 6. The topological polar surface area (TPSA) is 201 Å². The third-order valence-corrected chi connectivity index (χ3v) is 9.87. The van der Waals surface area contributed by atoms with Crippen molar-refractivity contribution in [2.45, 2.75) is 51.5 Å². The van der Waals surface area contributed by atoms with Crippen LogP contribution in [0.2, 0.25) is 0 Å². The van der Waals surface area contributed by atoms with Crippen LogP contribution in [0.4, 0.5) is 10.7 Å². The van der Waals surface area contributed by atoms with Gasteiger partial charge in [-0.2, -0.15) is 0 Å². The van der Waals surface area contributed by atoms with Gasteiger partial charge in [0.2, 0.25) is 5.95 Å². The fraction of sp³-hybridized carbons (Fsp3) is 0.400. The van der Waals surface area contributed by atoms with Crippen LogP contribution in [-0.2, 0) is 34.8 Å². The molecular weight excluding hydrogens is 660 g/mol. The molecule has 0 unspecified atom stereocenters. The van der Waals surface area contributed by atoms with Crippen LogP contribution in [0, 0.1) is 5.92 Å². The fourth-order valence-corrected chi connectivity index (χ4v) is 7.03. The lowest BCUT2D eigenvalue weighted by Gasteiger charge is -2.31. The summed E-state index contributed by atoms with van der Waals surface area (Å²) < 4.78 is 12.6. The van der Waals surface area contributed by atoms with Crippen molar-refractivity contribution < 1.29 is 34.2 Å². The minimum atomic E-state index is -1.91. The summed E-state index contributed by atoms with van der Waals surface area (Å²) in [5.74, 6) is -0.348. The van der Waals surface area contributed by atoms with E-state index < -0.39 is 23.6 Å². The van der Waals surface area contributed by atoms with E-state index in [1.807, 2.05) is 30.0 Å². The number of hydroxylamine groups is 1. The Hall–Kier alpha value is -5.45. The zero-order valence-corrected chi connectivity index (χ0v) is 28.4. The first-order valence-corrected chi connectivity index (χ1v) is 16.7. The van der Waals surface area contributed by atoms with Crippen molar-refractivity contribution in [3.8, 4) is 17.1 Å². The van der Waals surface area contributed by atoms with Crippen LogP contribution >= 0.6 is 0 Å². The molecule has 3 aromatic heterocycles. The largest absolute Gasteiger partial charge is 0.458 e. The minimum absolute atomic E-state index is 0.0596. The number of rotatable bonds is 8. The summed E-state index contributed by atoms with van der Waals surface area (Å²) in [6, 6.07) is 7.14. The number of carbonyl (C=O) groups excluding carboxylic acids is 3. The molecule has 3 aliphatic rings. The highest BCUT2D eigenvalue weighted by Gasteiger charge is 2.45. The summed E-state index contributed by atoms with van der Waals surface area (Å²) in [7, 11) is 3.83. The Balaban J connectivity index is 1.07. The van der Waals surface area contributed by atoms with E-state index in [-0.39, 0.29) is 47.7 Å². The Morgan fingerprint density at radius 3 is 2.57 bits per heavy atom. The van der Waals surface area contributed by atoms with Gasteiger partial charge in [-0.1, -0.05) is 6.92 Å². The lowest BCUT2D eigenvalue weighted by Crippen LogP contribution is -2.44. The molecule has 16 nitrogen and oxygen atoms in total. The number of esters is 1. The zero-order valence-electron chi connectivity index (χ0n) is 28.4. The monoisotopic (exact) mass is 698 g/mol. The lowest BCUT2D eigenvalue weighted by atomic mass is 9.86. The van der Waals surface area contributed by atoms with Crippen LogP contribution in [0.1, 0.15) is 58.8 Å². The summed E-state index contributed by atoms with van der Waals surface area (Å²) in [5.41, 5.74) is 3.30. The number of fused-ring (bicyclic) bond motifs is 5. The van der Waals surface area contributed by atoms with Crippen molar-refractivity contribution in [1.29, 1.82) is 0 Å². The molecule has 0 spiro atoms. The second-order valence-electron chi connectivity index (χ2n) is 13.4. The van der Waals surface area contributed by atoms with E-state index in [9.17, 15) is 24.3 Å². The molecular formula is C35H38N8O8. The molecule has 1 fully saturated rings. The summed E-state index contributed by atoms with van der Waals surface area (Å²) >= 11 is 0. The Bertz CT molecular complexity index is 2110. The number of aliphatic hydroxyl groups is 1. The molecule has 2 amide bonds. The molecule has 0 saturated carbocycles. The van der Waals surface area contributed by atoms with Crippen molar-refractivity contribution in [3.63, 3.8) is 0 Å². The van der Waals surface area contributed by atoms with Gasteiger partial charge < -0.3 is 34.3 Å². The highest BCUT2D eigenvalue weighted by atomic mass is 16.6. The number of cyclic esters (lactones) is 1. The minimum Gasteiger partial charge on any atom is -0.458 e. The highest BCUT2D eigenvalue weighted by Crippen LogP contribution is 2.40. The molecule has 4 aromatic rings. The standard InChI is InChI=1S/C35H38N8O8/c1-4-35(48)25-12-27-29-20(16-43(27)31(45)24(25)18-50-32(35)46)11-22-23(17-41(2)3)28(6-5-26(22)39-29)51-34(47)38-13-19-7-9-42(10-8-19)33-36-14-21(15-37-33)30(44)40-49/h5-6,11-12,14-15,19,48-49H,4,7-10,13,16-18H2,1-3H3,(H,38,47)(H,40,44)/t35-/m0/s1. The first-order chi connectivity index (χ1) is 24.5. The highest BCUT2D eigenvalue weighted by molar-refractivity contribution is 5.93. The van der Waals surface area contributed by atoms with Crippen LogP contribution in [0.3, 0.4) is 0 Å². The van der Waals surface area contributed by atoms with Crippen LogP contribution in [0.15, 0.2) is 41.5 Å². The van der Waals surface area contributed by atoms with Crippen molar-refractivity contribution in [1.82, 2.24) is 35.2 Å². The van der Waals surface area contributed by atoms with Gasteiger partial charge in [0, 0.05) is 60.6 Å². The van der Waals surface area contributed by atoms with Gasteiger partial charge in [0.15, 0.2) is 5.60 Å². The normalized spacial score (nSPS) is 18.2. The van der Waals surface area contributed by atoms with Crippen molar-refractivity contribution in [2.24, 2.45) is 5.92 Å². The van der Waals surface area contributed by atoms with Crippen LogP contribution < -0.4 is 26.0 Å². The third-order valence-electron chi connectivity index (χ3n) is 9.87. The second kappa shape index (κ2) is 13.4. The summed E-state index contributed by atoms with van der Waals surface area (Å²) in [6.45, 7) is 3.95. The summed E-state index contributed by atoms with van der Waals surface area (Å²) in [6.07, 6.45) is 3.78. The molecule has 4 N–H and O–H groups in total. The Labute approximate surface area is 292 Å². The predicted octanol–water partition coefficient (Wildman–Crippen LogP) is 2.06. The molecule has 0 bridgehead atoms. The second-order valence-corrected chi connectivity index (χ2v) is 13.4. The smallest absolute Gasteiger partial charge is 0.412 e. The number of carbonyl (C=O) groups is 3. The van der Waals surface area contributed by atoms with E-state index >= 15 is 0 Å². The van der Waals surface area contributed by atoms with Crippen LogP contribution in [0.25, 0.3) is 22.3 Å². The van der Waals surface area contributed by atoms with Crippen LogP contribution in [0.5, 0.6) is 5.75 Å². The van der Waals surface area contributed by atoms with Gasteiger partial charge in [-0.25, -0.2) is 30.0 Å². The molecule has 0 aliphatic carbocycles. The summed E-state index contributed by atoms with van der Waals surface area (Å²) in [5, 5.41) is 23.6. The van der Waals surface area contributed by atoms with Gasteiger partial charge in [-0.3, -0.25) is 14.8 Å². The average molecular weight is 699 g/mol. The molecule has 7 rings (SSSR count). The molecule has 1 saturated heterocycles. The number of pyridine rings is 2.